The maximum Gasteiger partial charge on any atom is 0.271 e. The average Bonchev–Trinajstić information content (AvgIpc) is 2.51. The summed E-state index contributed by atoms with van der Waals surface area (Å²) in [6.45, 7) is 0.271. The van der Waals surface area contributed by atoms with Crippen LogP contribution in [-0.4, -0.2) is 20.6 Å². The molecule has 0 saturated carbocycles. The Hall–Kier alpha value is -3.15. The van der Waals surface area contributed by atoms with E-state index in [4.69, 9.17) is 5.73 Å². The molecule has 110 valence electrons. The predicted molar refractivity (Wildman–Crippen MR) is 81.7 cm³/mol. The van der Waals surface area contributed by atoms with E-state index in [-0.39, 0.29) is 29.1 Å². The van der Waals surface area contributed by atoms with Crippen LogP contribution in [0.2, 0.25) is 0 Å². The smallest absolute Gasteiger partial charge is 0.271 e. The number of hydrogen-bond donors (Lipinski definition) is 2. The van der Waals surface area contributed by atoms with Gasteiger partial charge >= 0.3 is 0 Å². The van der Waals surface area contributed by atoms with Crippen molar-refractivity contribution >= 4 is 16.8 Å². The minimum absolute atomic E-state index is 0.250. The summed E-state index contributed by atoms with van der Waals surface area (Å²) in [4.78, 5) is 27.4. The molecule has 0 aliphatic heterocycles. The zero-order valence-corrected chi connectivity index (χ0v) is 11.6. The quantitative estimate of drug-likeness (QED) is 0.759. The Balaban J connectivity index is 2.28. The third-order valence-electron chi connectivity index (χ3n) is 3.41. The van der Waals surface area contributed by atoms with Crippen LogP contribution in [0.5, 0.6) is 5.75 Å². The first kappa shape index (κ1) is 13.8. The first-order valence-corrected chi connectivity index (χ1v) is 6.63. The molecular formula is C16H13N3O3. The highest BCUT2D eigenvalue weighted by Gasteiger charge is 2.16. The molecule has 0 unspecified atom stereocenters. The van der Waals surface area contributed by atoms with E-state index in [2.05, 4.69) is 4.98 Å². The van der Waals surface area contributed by atoms with Crippen molar-refractivity contribution in [3.05, 3.63) is 70.3 Å². The van der Waals surface area contributed by atoms with Crippen LogP contribution in [-0.2, 0) is 6.54 Å². The van der Waals surface area contributed by atoms with Crippen molar-refractivity contribution in [3.8, 4) is 5.75 Å². The van der Waals surface area contributed by atoms with Gasteiger partial charge in [0.1, 0.15) is 0 Å². The lowest BCUT2D eigenvalue weighted by Gasteiger charge is -2.12. The van der Waals surface area contributed by atoms with E-state index in [9.17, 15) is 14.7 Å². The highest BCUT2D eigenvalue weighted by Crippen LogP contribution is 2.26. The fraction of sp³-hybridized carbons (Fsp3) is 0.0625. The van der Waals surface area contributed by atoms with Gasteiger partial charge in [-0.15, -0.1) is 0 Å². The second-order valence-corrected chi connectivity index (χ2v) is 4.87. The van der Waals surface area contributed by atoms with Crippen LogP contribution in [0, 0.1) is 0 Å². The van der Waals surface area contributed by atoms with Crippen LogP contribution >= 0.6 is 0 Å². The summed E-state index contributed by atoms with van der Waals surface area (Å²) in [7, 11) is 0. The Labute approximate surface area is 125 Å². The number of nitrogens with two attached hydrogens (primary N) is 1. The third-order valence-corrected chi connectivity index (χ3v) is 3.41. The molecule has 1 amide bonds. The van der Waals surface area contributed by atoms with Crippen molar-refractivity contribution in [3.63, 3.8) is 0 Å². The van der Waals surface area contributed by atoms with Crippen LogP contribution in [0.3, 0.4) is 0 Å². The van der Waals surface area contributed by atoms with Crippen molar-refractivity contribution in [1.29, 1.82) is 0 Å². The van der Waals surface area contributed by atoms with Gasteiger partial charge in [0.25, 0.3) is 11.5 Å². The van der Waals surface area contributed by atoms with E-state index in [1.165, 1.54) is 16.8 Å². The number of primary amides is 1. The number of rotatable bonds is 3. The highest BCUT2D eigenvalue weighted by atomic mass is 16.3. The molecule has 0 fully saturated rings. The number of aromatic nitrogens is 2. The zero-order chi connectivity index (χ0) is 15.7. The Morgan fingerprint density at radius 1 is 1.18 bits per heavy atom. The number of nitrogens with zero attached hydrogens (tertiary/aromatic N) is 2. The average molecular weight is 295 g/mol. The first-order chi connectivity index (χ1) is 10.6. The number of amides is 1. The molecule has 3 aromatic rings. The lowest BCUT2D eigenvalue weighted by molar-refractivity contribution is 0.0993. The van der Waals surface area contributed by atoms with Crippen LogP contribution < -0.4 is 11.3 Å². The number of aromatic hydroxyl groups is 1. The highest BCUT2D eigenvalue weighted by molar-refractivity contribution is 5.99. The number of pyridine rings is 2. The minimum atomic E-state index is -0.845. The van der Waals surface area contributed by atoms with Gasteiger partial charge in [0.05, 0.1) is 12.1 Å². The zero-order valence-electron chi connectivity index (χ0n) is 11.6. The van der Waals surface area contributed by atoms with Crippen LogP contribution in [0.4, 0.5) is 0 Å². The molecule has 0 radical (unpaired) electrons. The van der Waals surface area contributed by atoms with Crippen molar-refractivity contribution < 1.29 is 9.90 Å². The predicted octanol–water partition coefficient (Wildman–Crippen LogP) is 1.25. The molecule has 6 nitrogen and oxygen atoms in total. The van der Waals surface area contributed by atoms with Gasteiger partial charge in [-0.25, -0.2) is 4.98 Å². The number of hydrogen-bond acceptors (Lipinski definition) is 4. The molecule has 0 aliphatic rings. The normalized spacial score (nSPS) is 10.7. The van der Waals surface area contributed by atoms with Crippen LogP contribution in [0.15, 0.2) is 53.5 Å². The van der Waals surface area contributed by atoms with Crippen LogP contribution in [0.25, 0.3) is 10.9 Å². The van der Waals surface area contributed by atoms with E-state index in [1.54, 1.807) is 6.07 Å². The van der Waals surface area contributed by atoms with Crippen molar-refractivity contribution in [2.75, 3.05) is 0 Å². The molecule has 2 aromatic heterocycles. The molecule has 0 atom stereocenters. The van der Waals surface area contributed by atoms with Crippen LogP contribution in [0.1, 0.15) is 16.1 Å². The Kier molecular flexibility index (Phi) is 3.34. The molecule has 2 heterocycles. The SMILES string of the molecule is NC(=O)c1ncc2ccc(=O)n(Cc3ccccc3)c2c1O. The lowest BCUT2D eigenvalue weighted by Crippen LogP contribution is -2.21. The summed E-state index contributed by atoms with van der Waals surface area (Å²) in [6, 6.07) is 12.3. The largest absolute Gasteiger partial charge is 0.504 e. The molecule has 0 bridgehead atoms. The summed E-state index contributed by atoms with van der Waals surface area (Å²) in [6.07, 6.45) is 1.41. The van der Waals surface area contributed by atoms with Gasteiger partial charge in [0.2, 0.25) is 0 Å². The summed E-state index contributed by atoms with van der Waals surface area (Å²) >= 11 is 0. The molecule has 22 heavy (non-hydrogen) atoms. The minimum Gasteiger partial charge on any atom is -0.504 e. The third kappa shape index (κ3) is 2.31. The summed E-state index contributed by atoms with van der Waals surface area (Å²) in [5.41, 5.74) is 5.81. The van der Waals surface area contributed by atoms with E-state index < -0.39 is 5.91 Å². The second-order valence-electron chi connectivity index (χ2n) is 4.87. The fourth-order valence-electron chi connectivity index (χ4n) is 2.38. The fourth-order valence-corrected chi connectivity index (χ4v) is 2.38. The molecular weight excluding hydrogens is 282 g/mol. The van der Waals surface area contributed by atoms with Crippen molar-refractivity contribution in [1.82, 2.24) is 9.55 Å². The summed E-state index contributed by atoms with van der Waals surface area (Å²) < 4.78 is 1.40. The molecule has 6 heteroatoms. The molecule has 0 spiro atoms. The van der Waals surface area contributed by atoms with E-state index in [1.807, 2.05) is 30.3 Å². The van der Waals surface area contributed by atoms with Gasteiger partial charge in [0.15, 0.2) is 11.4 Å². The van der Waals surface area contributed by atoms with E-state index >= 15 is 0 Å². The van der Waals surface area contributed by atoms with Crippen molar-refractivity contribution in [2.45, 2.75) is 6.54 Å². The lowest BCUT2D eigenvalue weighted by atomic mass is 10.1. The topological polar surface area (TPSA) is 98.2 Å². The second kappa shape index (κ2) is 5.33. The maximum absolute atomic E-state index is 12.2. The number of benzene rings is 1. The van der Waals surface area contributed by atoms with Gasteiger partial charge in [-0.1, -0.05) is 30.3 Å². The summed E-state index contributed by atoms with van der Waals surface area (Å²) in [5.74, 6) is -1.22. The number of fused-ring (bicyclic) bond motifs is 1. The molecule has 3 rings (SSSR count). The van der Waals surface area contributed by atoms with Gasteiger partial charge in [0, 0.05) is 17.6 Å². The Morgan fingerprint density at radius 3 is 2.59 bits per heavy atom. The first-order valence-electron chi connectivity index (χ1n) is 6.63. The standard InChI is InChI=1S/C16H13N3O3/c17-16(22)13-15(21)14-11(8-18-13)6-7-12(20)19(14)9-10-4-2-1-3-5-10/h1-8,21H,9H2,(H2,17,22). The van der Waals surface area contributed by atoms with E-state index in [0.717, 1.165) is 5.56 Å². The van der Waals surface area contributed by atoms with E-state index in [0.29, 0.717) is 5.39 Å². The van der Waals surface area contributed by atoms with Gasteiger partial charge in [-0.2, -0.15) is 0 Å². The number of carbonyl (C=O) groups excluding carboxylic acids is 1. The molecule has 1 aromatic carbocycles. The maximum atomic E-state index is 12.2. The number of carbonyl (C=O) groups is 1. The monoisotopic (exact) mass is 295 g/mol. The molecule has 3 N–H and O–H groups in total. The van der Waals surface area contributed by atoms with Gasteiger partial charge in [-0.3, -0.25) is 9.59 Å². The molecule has 0 aliphatic carbocycles. The van der Waals surface area contributed by atoms with Gasteiger partial charge in [-0.05, 0) is 11.6 Å². The summed E-state index contributed by atoms with van der Waals surface area (Å²) in [5, 5.41) is 10.8. The Bertz CT molecular complexity index is 917. The molecule has 0 saturated heterocycles. The van der Waals surface area contributed by atoms with Gasteiger partial charge < -0.3 is 15.4 Å². The Morgan fingerprint density at radius 2 is 1.91 bits per heavy atom. The van der Waals surface area contributed by atoms with Crippen molar-refractivity contribution in [2.24, 2.45) is 5.73 Å².